The largest absolute Gasteiger partial charge is 0.497 e. The summed E-state index contributed by atoms with van der Waals surface area (Å²) in [4.78, 5) is 47.1. The molecule has 1 atom stereocenters. The van der Waals surface area contributed by atoms with Crippen LogP contribution >= 0.6 is 11.3 Å². The van der Waals surface area contributed by atoms with Crippen molar-refractivity contribution in [2.24, 2.45) is 11.8 Å². The first-order valence-electron chi connectivity index (χ1n) is 11.0. The Morgan fingerprint density at radius 2 is 2.09 bits per heavy atom. The molecule has 1 aliphatic carbocycles. The quantitative estimate of drug-likeness (QED) is 0.750. The van der Waals surface area contributed by atoms with E-state index in [9.17, 15) is 14.4 Å². The van der Waals surface area contributed by atoms with E-state index in [1.807, 2.05) is 29.2 Å². The highest BCUT2D eigenvalue weighted by Crippen LogP contribution is 2.33. The van der Waals surface area contributed by atoms with Crippen LogP contribution in [0.25, 0.3) is 0 Å². The average molecular weight is 455 g/mol. The van der Waals surface area contributed by atoms with Crippen LogP contribution in [0.4, 0.5) is 10.8 Å². The van der Waals surface area contributed by atoms with Crippen molar-refractivity contribution in [2.45, 2.75) is 38.6 Å². The highest BCUT2D eigenvalue weighted by molar-refractivity contribution is 7.15. The zero-order chi connectivity index (χ0) is 22.2. The maximum atomic E-state index is 13.2. The molecule has 0 radical (unpaired) electrons. The number of fused-ring (bicyclic) bond motifs is 1. The zero-order valence-corrected chi connectivity index (χ0v) is 18.8. The third-order valence-corrected chi connectivity index (χ3v) is 7.59. The van der Waals surface area contributed by atoms with Gasteiger partial charge < -0.3 is 19.9 Å². The van der Waals surface area contributed by atoms with Crippen LogP contribution in [-0.4, -0.2) is 47.8 Å². The van der Waals surface area contributed by atoms with E-state index in [0.717, 1.165) is 35.5 Å². The molecule has 1 saturated carbocycles. The molecule has 2 aromatic rings. The minimum absolute atomic E-state index is 0.00264. The molecule has 1 unspecified atom stereocenters. The summed E-state index contributed by atoms with van der Waals surface area (Å²) in [7, 11) is 1.59. The second-order valence-electron chi connectivity index (χ2n) is 8.62. The average Bonchev–Trinajstić information content (AvgIpc) is 3.34. The van der Waals surface area contributed by atoms with Crippen LogP contribution in [0.3, 0.4) is 0 Å². The molecule has 1 aromatic carbocycles. The van der Waals surface area contributed by atoms with Crippen LogP contribution in [0.5, 0.6) is 5.75 Å². The predicted octanol–water partition coefficient (Wildman–Crippen LogP) is 2.83. The van der Waals surface area contributed by atoms with E-state index in [2.05, 4.69) is 10.3 Å². The van der Waals surface area contributed by atoms with Crippen molar-refractivity contribution in [2.75, 3.05) is 30.4 Å². The fraction of sp³-hybridized carbons (Fsp3) is 0.478. The number of aromatic nitrogens is 1. The molecular weight excluding hydrogens is 428 g/mol. The zero-order valence-electron chi connectivity index (χ0n) is 18.0. The predicted molar refractivity (Wildman–Crippen MR) is 121 cm³/mol. The van der Waals surface area contributed by atoms with Crippen molar-refractivity contribution in [3.8, 4) is 5.75 Å². The fourth-order valence-electron chi connectivity index (χ4n) is 4.47. The van der Waals surface area contributed by atoms with E-state index in [4.69, 9.17) is 4.74 Å². The Kier molecular flexibility index (Phi) is 5.58. The monoisotopic (exact) mass is 454 g/mol. The number of ether oxygens (including phenoxy) is 1. The van der Waals surface area contributed by atoms with Crippen LogP contribution < -0.4 is 15.0 Å². The number of carbonyl (C=O) groups excluding carboxylic acids is 3. The number of benzene rings is 1. The summed E-state index contributed by atoms with van der Waals surface area (Å²) in [5.41, 5.74) is 1.71. The fourth-order valence-corrected chi connectivity index (χ4v) is 5.50. The molecule has 32 heavy (non-hydrogen) atoms. The maximum Gasteiger partial charge on any atom is 0.229 e. The van der Waals surface area contributed by atoms with Gasteiger partial charge in [0.2, 0.25) is 17.7 Å². The van der Waals surface area contributed by atoms with Crippen molar-refractivity contribution in [1.82, 2.24) is 9.88 Å². The highest BCUT2D eigenvalue weighted by Gasteiger charge is 2.38. The smallest absolute Gasteiger partial charge is 0.229 e. The number of nitrogens with zero attached hydrogens (tertiary/aromatic N) is 3. The number of thiazole rings is 1. The number of carbonyl (C=O) groups is 3. The summed E-state index contributed by atoms with van der Waals surface area (Å²) in [6.45, 7) is 1.43. The minimum atomic E-state index is -0.360. The van der Waals surface area contributed by atoms with Gasteiger partial charge in [-0.3, -0.25) is 14.4 Å². The Balaban J connectivity index is 1.23. The first kappa shape index (κ1) is 20.9. The number of hydrogen-bond acceptors (Lipinski definition) is 6. The van der Waals surface area contributed by atoms with E-state index < -0.39 is 0 Å². The number of anilines is 2. The summed E-state index contributed by atoms with van der Waals surface area (Å²) >= 11 is 1.45. The van der Waals surface area contributed by atoms with Crippen LogP contribution in [0.15, 0.2) is 24.3 Å². The standard InChI is InChI=1S/C23H26N4O4S/c1-31-17-7-3-6-16(11-17)27-12-15(10-20(27)28)22(30)26-9-8-18-19(13-26)32-23(24-18)25-21(29)14-4-2-5-14/h3,6-7,11,14-15H,2,4-5,8-10,12-13H2,1H3,(H,24,25,29). The van der Waals surface area contributed by atoms with Gasteiger partial charge in [-0.25, -0.2) is 4.98 Å². The summed E-state index contributed by atoms with van der Waals surface area (Å²) in [5, 5.41) is 3.57. The Labute approximate surface area is 190 Å². The van der Waals surface area contributed by atoms with Gasteiger partial charge in [0, 0.05) is 48.5 Å². The van der Waals surface area contributed by atoms with E-state index in [1.165, 1.54) is 11.3 Å². The lowest BCUT2D eigenvalue weighted by Gasteiger charge is -2.28. The molecule has 8 nitrogen and oxygen atoms in total. The van der Waals surface area contributed by atoms with Crippen LogP contribution in [0.2, 0.25) is 0 Å². The van der Waals surface area contributed by atoms with Crippen LogP contribution in [0, 0.1) is 11.8 Å². The lowest BCUT2D eigenvalue weighted by atomic mass is 9.85. The van der Waals surface area contributed by atoms with Crippen molar-refractivity contribution < 1.29 is 19.1 Å². The van der Waals surface area contributed by atoms with Crippen LogP contribution in [0.1, 0.15) is 36.3 Å². The molecule has 0 bridgehead atoms. The second kappa shape index (κ2) is 8.54. The van der Waals surface area contributed by atoms with E-state index in [-0.39, 0.29) is 36.0 Å². The van der Waals surface area contributed by atoms with Gasteiger partial charge in [-0.15, -0.1) is 0 Å². The Morgan fingerprint density at radius 3 is 2.84 bits per heavy atom. The highest BCUT2D eigenvalue weighted by atomic mass is 32.1. The molecule has 0 spiro atoms. The summed E-state index contributed by atoms with van der Waals surface area (Å²) in [6, 6.07) is 7.34. The second-order valence-corrected chi connectivity index (χ2v) is 9.71. The SMILES string of the molecule is COc1cccc(N2CC(C(=O)N3CCc4nc(NC(=O)C5CCC5)sc4C3)CC2=O)c1. The lowest BCUT2D eigenvalue weighted by Crippen LogP contribution is -2.40. The topological polar surface area (TPSA) is 91.8 Å². The number of amides is 3. The Hall–Kier alpha value is -2.94. The summed E-state index contributed by atoms with van der Waals surface area (Å²) in [6.07, 6.45) is 3.89. The van der Waals surface area contributed by atoms with Gasteiger partial charge in [-0.05, 0) is 25.0 Å². The van der Waals surface area contributed by atoms with Gasteiger partial charge in [0.1, 0.15) is 5.75 Å². The number of hydrogen-bond donors (Lipinski definition) is 1. The van der Waals surface area contributed by atoms with E-state index in [0.29, 0.717) is 36.9 Å². The van der Waals surface area contributed by atoms with E-state index >= 15 is 0 Å². The molecule has 3 aliphatic rings. The third-order valence-electron chi connectivity index (χ3n) is 6.59. The minimum Gasteiger partial charge on any atom is -0.497 e. The molecule has 5 rings (SSSR count). The molecule has 168 valence electrons. The van der Waals surface area contributed by atoms with Gasteiger partial charge in [-0.2, -0.15) is 0 Å². The van der Waals surface area contributed by atoms with Crippen molar-refractivity contribution in [3.05, 3.63) is 34.8 Å². The number of nitrogens with one attached hydrogen (secondary N) is 1. The van der Waals surface area contributed by atoms with Crippen LogP contribution in [-0.2, 0) is 27.3 Å². The van der Waals surface area contributed by atoms with Crippen molar-refractivity contribution in [1.29, 1.82) is 0 Å². The van der Waals surface area contributed by atoms with Gasteiger partial charge in [0.15, 0.2) is 5.13 Å². The molecular formula is C23H26N4O4S. The normalized spacial score (nSPS) is 20.7. The van der Waals surface area contributed by atoms with Gasteiger partial charge in [0.25, 0.3) is 0 Å². The van der Waals surface area contributed by atoms with Crippen molar-refractivity contribution >= 4 is 39.9 Å². The molecule has 3 amide bonds. The molecule has 3 heterocycles. The molecule has 2 aliphatic heterocycles. The number of rotatable bonds is 5. The Morgan fingerprint density at radius 1 is 1.25 bits per heavy atom. The van der Waals surface area contributed by atoms with E-state index in [1.54, 1.807) is 12.0 Å². The summed E-state index contributed by atoms with van der Waals surface area (Å²) < 4.78 is 5.26. The maximum absolute atomic E-state index is 13.2. The first-order valence-corrected chi connectivity index (χ1v) is 11.9. The molecule has 9 heteroatoms. The molecule has 2 fully saturated rings. The molecule has 1 N–H and O–H groups in total. The lowest BCUT2D eigenvalue weighted by molar-refractivity contribution is -0.136. The van der Waals surface area contributed by atoms with Gasteiger partial charge in [0.05, 0.1) is 25.3 Å². The van der Waals surface area contributed by atoms with Gasteiger partial charge in [-0.1, -0.05) is 23.8 Å². The van der Waals surface area contributed by atoms with Gasteiger partial charge >= 0.3 is 0 Å². The third kappa shape index (κ3) is 3.97. The Bertz CT molecular complexity index is 1060. The number of methoxy groups -OCH3 is 1. The molecule has 1 saturated heterocycles. The first-order chi connectivity index (χ1) is 15.5. The molecule has 1 aromatic heterocycles. The summed E-state index contributed by atoms with van der Waals surface area (Å²) in [5.74, 6) is 0.440. The van der Waals surface area contributed by atoms with Crippen molar-refractivity contribution in [3.63, 3.8) is 0 Å².